The molecule has 1 N–H and O–H groups in total. The highest BCUT2D eigenvalue weighted by atomic mass is 32.2. The van der Waals surface area contributed by atoms with Gasteiger partial charge in [-0.15, -0.1) is 0 Å². The SMILES string of the molecule is COc1cc(F)c(C(O)C2CCS(=O)(=O)C2)c(F)c1. The highest BCUT2D eigenvalue weighted by molar-refractivity contribution is 7.91. The second-order valence-electron chi connectivity index (χ2n) is 4.61. The maximum atomic E-state index is 13.8. The van der Waals surface area contributed by atoms with Crippen LogP contribution in [0.4, 0.5) is 8.78 Å². The van der Waals surface area contributed by atoms with Crippen LogP contribution in [0.15, 0.2) is 12.1 Å². The average Bonchev–Trinajstić information content (AvgIpc) is 2.68. The Balaban J connectivity index is 2.32. The number of methoxy groups -OCH3 is 1. The van der Waals surface area contributed by atoms with Crippen LogP contribution in [-0.2, 0) is 9.84 Å². The lowest BCUT2D eigenvalue weighted by Crippen LogP contribution is -2.17. The van der Waals surface area contributed by atoms with Crippen molar-refractivity contribution in [2.75, 3.05) is 18.6 Å². The Morgan fingerprint density at radius 3 is 2.37 bits per heavy atom. The summed E-state index contributed by atoms with van der Waals surface area (Å²) in [5, 5.41) is 9.99. The second-order valence-corrected chi connectivity index (χ2v) is 6.84. The lowest BCUT2D eigenvalue weighted by atomic mass is 9.94. The number of ether oxygens (including phenoxy) is 1. The van der Waals surface area contributed by atoms with Gasteiger partial charge >= 0.3 is 0 Å². The van der Waals surface area contributed by atoms with Crippen LogP contribution in [0.3, 0.4) is 0 Å². The van der Waals surface area contributed by atoms with Crippen molar-refractivity contribution >= 4 is 9.84 Å². The zero-order chi connectivity index (χ0) is 14.2. The first-order chi connectivity index (χ1) is 8.84. The molecule has 0 amide bonds. The molecule has 2 rings (SSSR count). The molecule has 0 radical (unpaired) electrons. The van der Waals surface area contributed by atoms with Gasteiger partial charge in [0.15, 0.2) is 9.84 Å². The van der Waals surface area contributed by atoms with Crippen molar-refractivity contribution in [2.24, 2.45) is 5.92 Å². The minimum atomic E-state index is -3.22. The molecule has 2 unspecified atom stereocenters. The molecular weight excluding hydrogens is 278 g/mol. The molecule has 19 heavy (non-hydrogen) atoms. The summed E-state index contributed by atoms with van der Waals surface area (Å²) in [5.74, 6) is -2.86. The van der Waals surface area contributed by atoms with Crippen molar-refractivity contribution in [2.45, 2.75) is 12.5 Å². The first-order valence-electron chi connectivity index (χ1n) is 5.75. The summed E-state index contributed by atoms with van der Waals surface area (Å²) >= 11 is 0. The van der Waals surface area contributed by atoms with Crippen molar-refractivity contribution in [3.05, 3.63) is 29.3 Å². The average molecular weight is 292 g/mol. The quantitative estimate of drug-likeness (QED) is 0.915. The summed E-state index contributed by atoms with van der Waals surface area (Å²) in [6, 6.07) is 1.93. The van der Waals surface area contributed by atoms with Crippen molar-refractivity contribution < 1.29 is 27.0 Å². The fourth-order valence-electron chi connectivity index (χ4n) is 2.27. The molecule has 1 aromatic rings. The number of aliphatic hydroxyl groups excluding tert-OH is 1. The van der Waals surface area contributed by atoms with E-state index in [2.05, 4.69) is 0 Å². The van der Waals surface area contributed by atoms with E-state index in [0.717, 1.165) is 12.1 Å². The summed E-state index contributed by atoms with van der Waals surface area (Å²) in [5.41, 5.74) is -0.497. The first-order valence-corrected chi connectivity index (χ1v) is 7.57. The Bertz CT molecular complexity index is 562. The minimum absolute atomic E-state index is 0.00462. The van der Waals surface area contributed by atoms with E-state index >= 15 is 0 Å². The second kappa shape index (κ2) is 5.05. The standard InChI is InChI=1S/C12H14F2O4S/c1-18-8-4-9(13)11(10(14)5-8)12(15)7-2-3-19(16,17)6-7/h4-5,7,12,15H,2-3,6H2,1H3. The predicted octanol–water partition coefficient (Wildman–Crippen LogP) is 1.44. The first kappa shape index (κ1) is 14.2. The van der Waals surface area contributed by atoms with Crippen LogP contribution in [0, 0.1) is 17.6 Å². The Morgan fingerprint density at radius 2 is 1.95 bits per heavy atom. The minimum Gasteiger partial charge on any atom is -0.497 e. The van der Waals surface area contributed by atoms with Crippen LogP contribution < -0.4 is 4.74 Å². The highest BCUT2D eigenvalue weighted by Gasteiger charge is 2.36. The largest absolute Gasteiger partial charge is 0.497 e. The highest BCUT2D eigenvalue weighted by Crippen LogP contribution is 2.35. The van der Waals surface area contributed by atoms with E-state index in [-0.39, 0.29) is 23.7 Å². The van der Waals surface area contributed by atoms with Crippen LogP contribution in [0.25, 0.3) is 0 Å². The van der Waals surface area contributed by atoms with E-state index in [1.807, 2.05) is 0 Å². The topological polar surface area (TPSA) is 63.6 Å². The van der Waals surface area contributed by atoms with Gasteiger partial charge in [-0.1, -0.05) is 0 Å². The van der Waals surface area contributed by atoms with Crippen molar-refractivity contribution in [3.63, 3.8) is 0 Å². The lowest BCUT2D eigenvalue weighted by molar-refractivity contribution is 0.112. The Morgan fingerprint density at radius 1 is 1.37 bits per heavy atom. The molecule has 2 atom stereocenters. The maximum Gasteiger partial charge on any atom is 0.150 e. The maximum absolute atomic E-state index is 13.8. The zero-order valence-electron chi connectivity index (χ0n) is 10.3. The normalized spacial score (nSPS) is 23.3. The molecule has 106 valence electrons. The van der Waals surface area contributed by atoms with E-state index in [1.54, 1.807) is 0 Å². The smallest absolute Gasteiger partial charge is 0.150 e. The molecule has 4 nitrogen and oxygen atoms in total. The summed E-state index contributed by atoms with van der Waals surface area (Å²) in [6.45, 7) is 0. The third-order valence-corrected chi connectivity index (χ3v) is 5.09. The van der Waals surface area contributed by atoms with Gasteiger partial charge in [-0.25, -0.2) is 17.2 Å². The van der Waals surface area contributed by atoms with Gasteiger partial charge in [0.05, 0.1) is 30.3 Å². The van der Waals surface area contributed by atoms with Crippen LogP contribution in [0.5, 0.6) is 5.75 Å². The van der Waals surface area contributed by atoms with Crippen molar-refractivity contribution in [3.8, 4) is 5.75 Å². The molecule has 0 aromatic heterocycles. The molecule has 7 heteroatoms. The predicted molar refractivity (Wildman–Crippen MR) is 64.6 cm³/mol. The molecule has 1 heterocycles. The third kappa shape index (κ3) is 2.87. The van der Waals surface area contributed by atoms with Gasteiger partial charge in [-0.3, -0.25) is 0 Å². The number of hydrogen-bond acceptors (Lipinski definition) is 4. The van der Waals surface area contributed by atoms with Gasteiger partial charge in [-0.05, 0) is 6.42 Å². The van der Waals surface area contributed by atoms with Crippen molar-refractivity contribution in [1.29, 1.82) is 0 Å². The molecule has 0 aliphatic carbocycles. The Hall–Kier alpha value is -1.21. The van der Waals surface area contributed by atoms with Crippen LogP contribution >= 0.6 is 0 Å². The fraction of sp³-hybridized carbons (Fsp3) is 0.500. The van der Waals surface area contributed by atoms with E-state index in [4.69, 9.17) is 4.74 Å². The van der Waals surface area contributed by atoms with E-state index in [1.165, 1.54) is 7.11 Å². The summed E-state index contributed by atoms with van der Waals surface area (Å²) in [4.78, 5) is 0. The van der Waals surface area contributed by atoms with Gasteiger partial charge < -0.3 is 9.84 Å². The summed E-state index contributed by atoms with van der Waals surface area (Å²) in [7, 11) is -1.94. The van der Waals surface area contributed by atoms with Crippen LogP contribution in [-0.4, -0.2) is 32.1 Å². The van der Waals surface area contributed by atoms with Gasteiger partial charge in [0.2, 0.25) is 0 Å². The summed E-state index contributed by atoms with van der Waals surface area (Å²) in [6.07, 6.45) is -1.27. The number of benzene rings is 1. The van der Waals surface area contributed by atoms with E-state index in [0.29, 0.717) is 0 Å². The monoisotopic (exact) mass is 292 g/mol. The number of halogens is 2. The zero-order valence-corrected chi connectivity index (χ0v) is 11.1. The van der Waals surface area contributed by atoms with Crippen LogP contribution in [0.2, 0.25) is 0 Å². The molecular formula is C12H14F2O4S. The molecule has 0 spiro atoms. The Kier molecular flexibility index (Phi) is 3.78. The number of aliphatic hydroxyl groups is 1. The Labute approximate surface area is 109 Å². The summed E-state index contributed by atoms with van der Waals surface area (Å²) < 4.78 is 54.9. The van der Waals surface area contributed by atoms with E-state index in [9.17, 15) is 22.3 Å². The third-order valence-electron chi connectivity index (χ3n) is 3.30. The number of hydrogen-bond donors (Lipinski definition) is 1. The van der Waals surface area contributed by atoms with Gasteiger partial charge in [0, 0.05) is 18.1 Å². The molecule has 1 aromatic carbocycles. The lowest BCUT2D eigenvalue weighted by Gasteiger charge is -2.18. The molecule has 0 bridgehead atoms. The van der Waals surface area contributed by atoms with Crippen LogP contribution in [0.1, 0.15) is 18.1 Å². The molecule has 1 aliphatic rings. The number of rotatable bonds is 3. The van der Waals surface area contributed by atoms with E-state index < -0.39 is 39.1 Å². The van der Waals surface area contributed by atoms with Crippen molar-refractivity contribution in [1.82, 2.24) is 0 Å². The number of sulfone groups is 1. The fourth-order valence-corrected chi connectivity index (χ4v) is 4.10. The molecule has 1 aliphatic heterocycles. The van der Waals surface area contributed by atoms with Gasteiger partial charge in [-0.2, -0.15) is 0 Å². The van der Waals surface area contributed by atoms with Gasteiger partial charge in [0.1, 0.15) is 17.4 Å². The molecule has 1 fully saturated rings. The van der Waals surface area contributed by atoms with Gasteiger partial charge in [0.25, 0.3) is 0 Å². The molecule has 1 saturated heterocycles. The molecule has 0 saturated carbocycles.